The average Bonchev–Trinajstić information content (AvgIpc) is 3.39. The zero-order valence-corrected chi connectivity index (χ0v) is 16.9. The predicted molar refractivity (Wildman–Crippen MR) is 113 cm³/mol. The monoisotopic (exact) mass is 424 g/mol. The Kier molecular flexibility index (Phi) is 6.36. The van der Waals surface area contributed by atoms with E-state index in [4.69, 9.17) is 16.0 Å². The molecular formula is C21H21ClN6O2. The van der Waals surface area contributed by atoms with Crippen LogP contribution in [0.4, 0.5) is 0 Å². The predicted octanol–water partition coefficient (Wildman–Crippen LogP) is 2.90. The number of hydrogen-bond donors (Lipinski definition) is 3. The van der Waals surface area contributed by atoms with E-state index in [1.165, 1.54) is 6.26 Å². The highest BCUT2D eigenvalue weighted by atomic mass is 35.5. The second-order valence-electron chi connectivity index (χ2n) is 6.69. The summed E-state index contributed by atoms with van der Waals surface area (Å²) in [5, 5.41) is 6.58. The number of benzene rings is 1. The Morgan fingerprint density at radius 2 is 1.97 bits per heavy atom. The van der Waals surface area contributed by atoms with Gasteiger partial charge in [-0.15, -0.1) is 0 Å². The van der Waals surface area contributed by atoms with E-state index in [2.05, 4.69) is 30.6 Å². The van der Waals surface area contributed by atoms with Crippen molar-refractivity contribution in [1.82, 2.24) is 30.6 Å². The molecular weight excluding hydrogens is 404 g/mol. The van der Waals surface area contributed by atoms with E-state index in [-0.39, 0.29) is 18.1 Å². The van der Waals surface area contributed by atoms with Crippen molar-refractivity contribution in [2.24, 2.45) is 0 Å². The molecule has 0 fully saturated rings. The normalized spacial score (nSPS) is 11.1. The van der Waals surface area contributed by atoms with E-state index in [9.17, 15) is 4.79 Å². The minimum atomic E-state index is -0.329. The third-order valence-corrected chi connectivity index (χ3v) is 4.87. The van der Waals surface area contributed by atoms with Gasteiger partial charge < -0.3 is 20.0 Å². The number of aromatic nitrogens is 4. The molecule has 0 bridgehead atoms. The molecule has 3 heterocycles. The summed E-state index contributed by atoms with van der Waals surface area (Å²) in [7, 11) is 0. The molecule has 0 saturated carbocycles. The molecule has 0 radical (unpaired) electrons. The number of nitrogens with zero attached hydrogens (tertiary/aromatic N) is 3. The van der Waals surface area contributed by atoms with Gasteiger partial charge in [-0.25, -0.2) is 9.97 Å². The maximum atomic E-state index is 12.2. The molecule has 0 saturated heterocycles. The number of rotatable bonds is 9. The third kappa shape index (κ3) is 5.03. The van der Waals surface area contributed by atoms with Gasteiger partial charge in [0.2, 0.25) is 0 Å². The van der Waals surface area contributed by atoms with Crippen LogP contribution in [0.5, 0.6) is 0 Å². The molecule has 3 N–H and O–H groups in total. The quantitative estimate of drug-likeness (QED) is 0.356. The summed E-state index contributed by atoms with van der Waals surface area (Å²) in [6.07, 6.45) is 4.37. The lowest BCUT2D eigenvalue weighted by Gasteiger charge is -2.03. The molecule has 9 heteroatoms. The molecule has 1 aromatic carbocycles. The first-order chi connectivity index (χ1) is 14.7. The second kappa shape index (κ2) is 9.51. The minimum absolute atomic E-state index is 0.226. The number of imidazole rings is 1. The van der Waals surface area contributed by atoms with Gasteiger partial charge in [0.15, 0.2) is 11.6 Å². The van der Waals surface area contributed by atoms with Crippen molar-refractivity contribution in [3.63, 3.8) is 0 Å². The van der Waals surface area contributed by atoms with E-state index in [0.717, 1.165) is 29.8 Å². The van der Waals surface area contributed by atoms with Gasteiger partial charge in [-0.1, -0.05) is 23.7 Å². The fourth-order valence-electron chi connectivity index (χ4n) is 2.98. The first-order valence-electron chi connectivity index (χ1n) is 9.65. The van der Waals surface area contributed by atoms with Crippen molar-refractivity contribution in [3.05, 3.63) is 77.0 Å². The van der Waals surface area contributed by atoms with Gasteiger partial charge in [-0.05, 0) is 24.3 Å². The van der Waals surface area contributed by atoms with Crippen LogP contribution < -0.4 is 10.6 Å². The maximum absolute atomic E-state index is 12.2. The number of amides is 1. The number of para-hydroxylation sites is 2. The highest BCUT2D eigenvalue weighted by molar-refractivity contribution is 6.31. The van der Waals surface area contributed by atoms with Crippen LogP contribution in [-0.4, -0.2) is 38.9 Å². The Morgan fingerprint density at radius 1 is 1.10 bits per heavy atom. The molecule has 4 rings (SSSR count). The molecule has 0 aliphatic carbocycles. The fourth-order valence-corrected chi connectivity index (χ4v) is 3.17. The van der Waals surface area contributed by atoms with Crippen LogP contribution >= 0.6 is 11.6 Å². The van der Waals surface area contributed by atoms with Gasteiger partial charge in [-0.3, -0.25) is 9.78 Å². The first kappa shape index (κ1) is 20.1. The Labute approximate surface area is 178 Å². The van der Waals surface area contributed by atoms with E-state index >= 15 is 0 Å². The Hall–Kier alpha value is -3.23. The molecule has 8 nitrogen and oxygen atoms in total. The Morgan fingerprint density at radius 3 is 2.83 bits per heavy atom. The number of carbonyl (C=O) groups excluding carboxylic acids is 1. The largest absolute Gasteiger partial charge is 0.448 e. The second-order valence-corrected chi connectivity index (χ2v) is 7.10. The summed E-state index contributed by atoms with van der Waals surface area (Å²) in [5.74, 6) is 1.13. The molecule has 0 unspecified atom stereocenters. The molecule has 154 valence electrons. The van der Waals surface area contributed by atoms with E-state index in [1.54, 1.807) is 18.3 Å². The molecule has 0 aliphatic rings. The standard InChI is InChI=1S/C21H21ClN6O2/c22-14-4-3-9-24-17(14)12-25-21(29)18-13-30-20(28-18)8-11-23-10-7-19-26-15-5-1-2-6-16(15)27-19/h1-6,9,13,23H,7-8,10-12H2,(H,25,29)(H,26,27). The third-order valence-electron chi connectivity index (χ3n) is 4.53. The number of aromatic amines is 1. The number of fused-ring (bicyclic) bond motifs is 1. The zero-order chi connectivity index (χ0) is 20.8. The van der Waals surface area contributed by atoms with Crippen LogP contribution in [0, 0.1) is 0 Å². The topological polar surface area (TPSA) is 109 Å². The van der Waals surface area contributed by atoms with Crippen LogP contribution in [0.25, 0.3) is 11.0 Å². The fraction of sp³-hybridized carbons (Fsp3) is 0.238. The maximum Gasteiger partial charge on any atom is 0.273 e. The van der Waals surface area contributed by atoms with E-state index in [0.29, 0.717) is 29.6 Å². The smallest absolute Gasteiger partial charge is 0.273 e. The molecule has 1 amide bonds. The van der Waals surface area contributed by atoms with Crippen molar-refractivity contribution in [2.75, 3.05) is 13.1 Å². The van der Waals surface area contributed by atoms with Crippen molar-refractivity contribution >= 4 is 28.5 Å². The van der Waals surface area contributed by atoms with Gasteiger partial charge in [0.25, 0.3) is 5.91 Å². The van der Waals surface area contributed by atoms with Crippen LogP contribution in [0.1, 0.15) is 27.9 Å². The Bertz CT molecular complexity index is 1110. The summed E-state index contributed by atoms with van der Waals surface area (Å²) >= 11 is 6.04. The van der Waals surface area contributed by atoms with Crippen LogP contribution in [0.2, 0.25) is 5.02 Å². The molecule has 3 aromatic heterocycles. The summed E-state index contributed by atoms with van der Waals surface area (Å²) in [6, 6.07) is 11.4. The lowest BCUT2D eigenvalue weighted by molar-refractivity contribution is 0.0945. The van der Waals surface area contributed by atoms with Crippen molar-refractivity contribution in [2.45, 2.75) is 19.4 Å². The van der Waals surface area contributed by atoms with Gasteiger partial charge in [0, 0.05) is 32.1 Å². The van der Waals surface area contributed by atoms with Gasteiger partial charge in [0.1, 0.15) is 12.1 Å². The highest BCUT2D eigenvalue weighted by Gasteiger charge is 2.13. The number of pyridine rings is 1. The number of carbonyl (C=O) groups is 1. The summed E-state index contributed by atoms with van der Waals surface area (Å²) in [4.78, 5) is 28.5. The van der Waals surface area contributed by atoms with Crippen molar-refractivity contribution in [1.29, 1.82) is 0 Å². The molecule has 0 spiro atoms. The first-order valence-corrected chi connectivity index (χ1v) is 10.0. The van der Waals surface area contributed by atoms with E-state index in [1.807, 2.05) is 24.3 Å². The van der Waals surface area contributed by atoms with Crippen LogP contribution in [0.15, 0.2) is 53.3 Å². The lowest BCUT2D eigenvalue weighted by Crippen LogP contribution is -2.24. The number of hydrogen-bond acceptors (Lipinski definition) is 6. The van der Waals surface area contributed by atoms with Gasteiger partial charge in [0.05, 0.1) is 28.3 Å². The summed E-state index contributed by atoms with van der Waals surface area (Å²) < 4.78 is 5.39. The lowest BCUT2D eigenvalue weighted by atomic mass is 10.3. The van der Waals surface area contributed by atoms with Gasteiger partial charge >= 0.3 is 0 Å². The van der Waals surface area contributed by atoms with E-state index < -0.39 is 0 Å². The van der Waals surface area contributed by atoms with Crippen molar-refractivity contribution < 1.29 is 9.21 Å². The van der Waals surface area contributed by atoms with Gasteiger partial charge in [-0.2, -0.15) is 0 Å². The molecule has 0 aliphatic heterocycles. The SMILES string of the molecule is O=C(NCc1ncccc1Cl)c1coc(CCNCCc2nc3ccccc3[nH]2)n1. The number of H-pyrrole nitrogens is 1. The average molecular weight is 425 g/mol. The molecule has 30 heavy (non-hydrogen) atoms. The number of nitrogens with one attached hydrogen (secondary N) is 3. The summed E-state index contributed by atoms with van der Waals surface area (Å²) in [6.45, 7) is 1.69. The minimum Gasteiger partial charge on any atom is -0.448 e. The number of halogens is 1. The molecule has 4 aromatic rings. The van der Waals surface area contributed by atoms with Crippen LogP contribution in [0.3, 0.4) is 0 Å². The van der Waals surface area contributed by atoms with Crippen molar-refractivity contribution in [3.8, 4) is 0 Å². The molecule has 0 atom stereocenters. The Balaban J connectivity index is 1.19. The number of oxazole rings is 1. The summed E-state index contributed by atoms with van der Waals surface area (Å²) in [5.41, 5.74) is 2.86. The highest BCUT2D eigenvalue weighted by Crippen LogP contribution is 2.12. The van der Waals surface area contributed by atoms with Crippen LogP contribution in [-0.2, 0) is 19.4 Å². The zero-order valence-electron chi connectivity index (χ0n) is 16.2.